The number of nitrogens with one attached hydrogen (secondary N) is 1. The maximum Gasteiger partial charge on any atom is 0.354 e. The molecule has 6 heteroatoms. The summed E-state index contributed by atoms with van der Waals surface area (Å²) in [5.41, 5.74) is 7.00. The Bertz CT molecular complexity index is 614. The van der Waals surface area contributed by atoms with Gasteiger partial charge in [0.15, 0.2) is 5.69 Å². The number of benzene rings is 1. The van der Waals surface area contributed by atoms with E-state index in [2.05, 4.69) is 10.3 Å². The number of aromatic nitrogens is 1. The number of halogens is 1. The number of aromatic carboxylic acids is 1. The first-order valence-corrected chi connectivity index (χ1v) is 6.04. The summed E-state index contributed by atoms with van der Waals surface area (Å²) in [7, 11) is 0. The summed E-state index contributed by atoms with van der Waals surface area (Å²) in [6, 6.07) is 9.03. The minimum atomic E-state index is -1.11. The van der Waals surface area contributed by atoms with Gasteiger partial charge in [-0.25, -0.2) is 14.2 Å². The predicted octanol–water partition coefficient (Wildman–Crippen LogP) is 2.16. The second kappa shape index (κ2) is 6.01. The monoisotopic (exact) mass is 275 g/mol. The van der Waals surface area contributed by atoms with Gasteiger partial charge >= 0.3 is 5.97 Å². The number of pyridine rings is 1. The van der Waals surface area contributed by atoms with E-state index in [0.29, 0.717) is 24.5 Å². The number of hydrogen-bond donors (Lipinski definition) is 3. The molecule has 4 N–H and O–H groups in total. The maximum atomic E-state index is 12.7. The van der Waals surface area contributed by atoms with Crippen LogP contribution in [0.15, 0.2) is 36.4 Å². The van der Waals surface area contributed by atoms with Gasteiger partial charge in [-0.3, -0.25) is 0 Å². The molecule has 0 aliphatic carbocycles. The van der Waals surface area contributed by atoms with Crippen LogP contribution in [0.2, 0.25) is 0 Å². The van der Waals surface area contributed by atoms with E-state index in [1.165, 1.54) is 24.3 Å². The van der Waals surface area contributed by atoms with Gasteiger partial charge in [0.2, 0.25) is 0 Å². The van der Waals surface area contributed by atoms with Gasteiger partial charge in [-0.2, -0.15) is 0 Å². The van der Waals surface area contributed by atoms with Crippen LogP contribution in [0.3, 0.4) is 0 Å². The number of nitrogens with zero attached hydrogens (tertiary/aromatic N) is 1. The molecule has 0 radical (unpaired) electrons. The quantitative estimate of drug-likeness (QED) is 0.778. The Morgan fingerprint density at radius 1 is 1.25 bits per heavy atom. The van der Waals surface area contributed by atoms with Crippen LogP contribution in [-0.4, -0.2) is 22.6 Å². The van der Waals surface area contributed by atoms with E-state index in [1.54, 1.807) is 12.1 Å². The minimum absolute atomic E-state index is 0.0662. The molecule has 2 aromatic rings. The summed E-state index contributed by atoms with van der Waals surface area (Å²) in [6.45, 7) is 0.520. The summed E-state index contributed by atoms with van der Waals surface area (Å²) >= 11 is 0. The molecule has 0 saturated heterocycles. The van der Waals surface area contributed by atoms with Gasteiger partial charge < -0.3 is 16.2 Å². The summed E-state index contributed by atoms with van der Waals surface area (Å²) in [4.78, 5) is 14.7. The lowest BCUT2D eigenvalue weighted by Gasteiger charge is -2.09. The van der Waals surface area contributed by atoms with E-state index in [4.69, 9.17) is 10.8 Å². The van der Waals surface area contributed by atoms with Gasteiger partial charge in [0.1, 0.15) is 11.6 Å². The average Bonchev–Trinajstić information content (AvgIpc) is 2.43. The zero-order valence-corrected chi connectivity index (χ0v) is 10.6. The molecule has 1 heterocycles. The van der Waals surface area contributed by atoms with E-state index in [0.717, 1.165) is 5.56 Å². The fourth-order valence-electron chi connectivity index (χ4n) is 1.71. The molecule has 0 bridgehead atoms. The van der Waals surface area contributed by atoms with Crippen LogP contribution < -0.4 is 11.1 Å². The highest BCUT2D eigenvalue weighted by molar-refractivity contribution is 5.86. The SMILES string of the molecule is Nc1ccc(C(=O)O)nc1NCCc1ccc(F)cc1. The molecule has 104 valence electrons. The molecule has 20 heavy (non-hydrogen) atoms. The van der Waals surface area contributed by atoms with Gasteiger partial charge in [0.05, 0.1) is 5.69 Å². The zero-order valence-electron chi connectivity index (χ0n) is 10.6. The Kier molecular flexibility index (Phi) is 4.14. The van der Waals surface area contributed by atoms with E-state index in [-0.39, 0.29) is 11.5 Å². The van der Waals surface area contributed by atoms with Crippen molar-refractivity contribution in [2.75, 3.05) is 17.6 Å². The first kappa shape index (κ1) is 13.8. The van der Waals surface area contributed by atoms with Crippen LogP contribution in [0.4, 0.5) is 15.9 Å². The van der Waals surface area contributed by atoms with Crippen molar-refractivity contribution in [1.82, 2.24) is 4.98 Å². The molecule has 0 fully saturated rings. The van der Waals surface area contributed by atoms with Crippen LogP contribution >= 0.6 is 0 Å². The van der Waals surface area contributed by atoms with E-state index >= 15 is 0 Å². The standard InChI is InChI=1S/C14H14FN3O2/c15-10-3-1-9(2-4-10)7-8-17-13-11(16)5-6-12(18-13)14(19)20/h1-6H,7-8,16H2,(H,17,18)(H,19,20). The fraction of sp³-hybridized carbons (Fsp3) is 0.143. The molecule has 0 unspecified atom stereocenters. The second-order valence-electron chi connectivity index (χ2n) is 4.24. The van der Waals surface area contributed by atoms with Crippen molar-refractivity contribution in [2.45, 2.75) is 6.42 Å². The molecule has 2 rings (SSSR count). The lowest BCUT2D eigenvalue weighted by atomic mass is 10.1. The normalized spacial score (nSPS) is 10.2. The minimum Gasteiger partial charge on any atom is -0.477 e. The largest absolute Gasteiger partial charge is 0.477 e. The zero-order chi connectivity index (χ0) is 14.5. The molecule has 0 saturated carbocycles. The predicted molar refractivity (Wildman–Crippen MR) is 74.2 cm³/mol. The highest BCUT2D eigenvalue weighted by Gasteiger charge is 2.08. The van der Waals surface area contributed by atoms with Gasteiger partial charge in [-0.05, 0) is 36.2 Å². The Balaban J connectivity index is 1.98. The topological polar surface area (TPSA) is 88.2 Å². The highest BCUT2D eigenvalue weighted by atomic mass is 19.1. The number of carbonyl (C=O) groups is 1. The van der Waals surface area contributed by atoms with Crippen molar-refractivity contribution in [3.63, 3.8) is 0 Å². The Hall–Kier alpha value is -2.63. The van der Waals surface area contributed by atoms with Crippen LogP contribution in [0.1, 0.15) is 16.1 Å². The van der Waals surface area contributed by atoms with Crippen molar-refractivity contribution >= 4 is 17.5 Å². The van der Waals surface area contributed by atoms with E-state index in [1.807, 2.05) is 0 Å². The Labute approximate surface area is 115 Å². The molecule has 0 amide bonds. The highest BCUT2D eigenvalue weighted by Crippen LogP contribution is 2.16. The van der Waals surface area contributed by atoms with Crippen LogP contribution in [-0.2, 0) is 6.42 Å². The summed E-state index contributed by atoms with van der Waals surface area (Å²) in [5, 5.41) is 11.8. The van der Waals surface area contributed by atoms with Crippen molar-refractivity contribution < 1.29 is 14.3 Å². The molecule has 1 aromatic heterocycles. The molecule has 0 aliphatic heterocycles. The third kappa shape index (κ3) is 3.44. The van der Waals surface area contributed by atoms with Gasteiger partial charge in [0.25, 0.3) is 0 Å². The maximum absolute atomic E-state index is 12.7. The number of carboxylic acids is 1. The van der Waals surface area contributed by atoms with Crippen LogP contribution in [0.5, 0.6) is 0 Å². The summed E-state index contributed by atoms with van der Waals surface area (Å²) in [5.74, 6) is -1.04. The Morgan fingerprint density at radius 3 is 2.60 bits per heavy atom. The van der Waals surface area contributed by atoms with E-state index < -0.39 is 5.97 Å². The third-order valence-electron chi connectivity index (χ3n) is 2.76. The van der Waals surface area contributed by atoms with Gasteiger partial charge in [0, 0.05) is 6.54 Å². The smallest absolute Gasteiger partial charge is 0.354 e. The van der Waals surface area contributed by atoms with Crippen LogP contribution in [0, 0.1) is 5.82 Å². The van der Waals surface area contributed by atoms with Crippen molar-refractivity contribution in [3.05, 3.63) is 53.5 Å². The molecular formula is C14H14FN3O2. The lowest BCUT2D eigenvalue weighted by Crippen LogP contribution is -2.11. The number of hydrogen-bond acceptors (Lipinski definition) is 4. The van der Waals surface area contributed by atoms with Crippen LogP contribution in [0.25, 0.3) is 0 Å². The second-order valence-corrected chi connectivity index (χ2v) is 4.24. The average molecular weight is 275 g/mol. The summed E-state index contributed by atoms with van der Waals surface area (Å²) < 4.78 is 12.7. The van der Waals surface area contributed by atoms with Gasteiger partial charge in [-0.15, -0.1) is 0 Å². The Morgan fingerprint density at radius 2 is 1.95 bits per heavy atom. The molecular weight excluding hydrogens is 261 g/mol. The molecule has 0 aliphatic rings. The molecule has 0 spiro atoms. The molecule has 1 aromatic carbocycles. The number of carboxylic acid groups (broad SMARTS) is 1. The fourth-order valence-corrected chi connectivity index (χ4v) is 1.71. The van der Waals surface area contributed by atoms with Crippen molar-refractivity contribution in [3.8, 4) is 0 Å². The number of nitrogen functional groups attached to an aromatic ring is 1. The number of rotatable bonds is 5. The lowest BCUT2D eigenvalue weighted by molar-refractivity contribution is 0.0690. The number of anilines is 2. The van der Waals surface area contributed by atoms with Crippen molar-refractivity contribution in [1.29, 1.82) is 0 Å². The number of nitrogens with two attached hydrogens (primary N) is 1. The van der Waals surface area contributed by atoms with Gasteiger partial charge in [-0.1, -0.05) is 12.1 Å². The molecule has 0 atom stereocenters. The molecule has 5 nitrogen and oxygen atoms in total. The van der Waals surface area contributed by atoms with Crippen molar-refractivity contribution in [2.24, 2.45) is 0 Å². The summed E-state index contributed by atoms with van der Waals surface area (Å²) in [6.07, 6.45) is 0.651. The first-order chi connectivity index (χ1) is 9.56. The first-order valence-electron chi connectivity index (χ1n) is 6.04. The van der Waals surface area contributed by atoms with E-state index in [9.17, 15) is 9.18 Å². The third-order valence-corrected chi connectivity index (χ3v) is 2.76.